The fourth-order valence-electron chi connectivity index (χ4n) is 7.53. The van der Waals surface area contributed by atoms with Crippen LogP contribution >= 0.6 is 0 Å². The molecule has 12 nitrogen and oxygen atoms in total. The zero-order valence-electron chi connectivity index (χ0n) is 32.4. The quantitative estimate of drug-likeness (QED) is 0.225. The molecular formula is C40H40O12Si8. The predicted octanol–water partition coefficient (Wildman–Crippen LogP) is 1.94. The first-order valence-corrected chi connectivity index (χ1v) is 33.6. The molecule has 0 aromatic heterocycles. The molecule has 4 aliphatic heterocycles. The highest BCUT2D eigenvalue weighted by molar-refractivity contribution is 7.08. The van der Waals surface area contributed by atoms with Gasteiger partial charge in [-0.05, 0) is 11.7 Å². The third kappa shape index (κ3) is 7.39. The van der Waals surface area contributed by atoms with Gasteiger partial charge < -0.3 is 50.7 Å². The van der Waals surface area contributed by atoms with E-state index in [4.69, 9.17) is 45.6 Å². The van der Waals surface area contributed by atoms with Gasteiger partial charge in [-0.1, -0.05) is 182 Å². The van der Waals surface area contributed by atoms with Gasteiger partial charge in [0.1, 0.15) is 0 Å². The summed E-state index contributed by atoms with van der Waals surface area (Å²) in [5.41, 5.74) is 0. The molecule has 6 bridgehead atoms. The number of hydrogen-bond donors (Lipinski definition) is 1. The SMILES string of the molecule is C[Si]1CO[Si]2(c3ccccc3)O[Si]3(CCO)O[Si](c4ccccc4)O[Si]4(c5ccccc5)O[Si](c5ccccc5)(O1)O[Si](c1ccccc1)(O2)O[Si](c1ccccc1)(O3)O4. The molecule has 10 rings (SSSR count). The van der Waals surface area contributed by atoms with E-state index in [0.29, 0.717) is 25.9 Å². The summed E-state index contributed by atoms with van der Waals surface area (Å²) in [4.78, 5) is 0. The fraction of sp³-hybridized carbons (Fsp3) is 0.100. The Kier molecular flexibility index (Phi) is 11.1. The van der Waals surface area contributed by atoms with Crippen molar-refractivity contribution in [2.45, 2.75) is 12.6 Å². The molecule has 4 heterocycles. The summed E-state index contributed by atoms with van der Waals surface area (Å²) < 4.78 is 84.3. The molecule has 0 spiro atoms. The standard InChI is InChI=1S/C40H40O12Si8/c1-53-34-42-56(36-22-10-3-11-23-36)46-55(33-32-41)44-54(35-20-8-2-9-21-35)45-58(38-26-14-5-15-27-38)49-57(43-53,37-24-12-4-13-25-37)50-60(48-56,40-30-18-7-19-31-40)52-59(47-55,51-58)39-28-16-6-17-29-39/h2-31,41H,32-34H2,1H3. The van der Waals surface area contributed by atoms with Crippen molar-refractivity contribution < 1.29 is 50.7 Å². The van der Waals surface area contributed by atoms with Crippen LogP contribution in [0.25, 0.3) is 0 Å². The summed E-state index contributed by atoms with van der Waals surface area (Å²) in [6, 6.07) is 57.5. The Labute approximate surface area is 358 Å². The van der Waals surface area contributed by atoms with Crippen LogP contribution in [0.2, 0.25) is 12.6 Å². The minimum absolute atomic E-state index is 0.0649. The molecule has 6 aromatic rings. The average molecular weight is 937 g/mol. The summed E-state index contributed by atoms with van der Waals surface area (Å²) in [6.45, 7) is 1.65. The zero-order chi connectivity index (χ0) is 40.7. The van der Waals surface area contributed by atoms with Gasteiger partial charge in [-0.25, -0.2) is 0 Å². The Morgan fingerprint density at radius 2 is 0.767 bits per heavy atom. The first-order valence-electron chi connectivity index (χ1n) is 19.6. The van der Waals surface area contributed by atoms with E-state index in [1.165, 1.54) is 0 Å². The van der Waals surface area contributed by atoms with E-state index in [2.05, 4.69) is 0 Å². The van der Waals surface area contributed by atoms with E-state index >= 15 is 0 Å². The minimum Gasteiger partial charge on any atom is -0.410 e. The number of rotatable bonds is 8. The molecule has 6 atom stereocenters. The number of fused-ring (bicyclic) bond motifs is 4. The van der Waals surface area contributed by atoms with Gasteiger partial charge in [0.05, 0.1) is 6.23 Å². The van der Waals surface area contributed by atoms with E-state index in [1.54, 1.807) is 0 Å². The maximum atomic E-state index is 11.1. The number of aliphatic hydroxyl groups excluding tert-OH is 1. The molecule has 60 heavy (non-hydrogen) atoms. The van der Waals surface area contributed by atoms with Crippen LogP contribution in [-0.4, -0.2) is 89.1 Å². The number of hydrogen-bond acceptors (Lipinski definition) is 12. The van der Waals surface area contributed by atoms with Crippen molar-refractivity contribution in [3.63, 3.8) is 0 Å². The molecule has 0 aliphatic carbocycles. The summed E-state index contributed by atoms with van der Waals surface area (Å²) >= 11 is 0. The van der Waals surface area contributed by atoms with Crippen molar-refractivity contribution in [1.29, 1.82) is 0 Å². The van der Waals surface area contributed by atoms with Gasteiger partial charge in [-0.2, -0.15) is 0 Å². The molecule has 20 heteroatoms. The highest BCUT2D eigenvalue weighted by Crippen LogP contribution is 2.43. The normalized spacial score (nSPS) is 32.1. The second kappa shape index (κ2) is 16.4. The predicted molar refractivity (Wildman–Crippen MR) is 237 cm³/mol. The Bertz CT molecular complexity index is 2400. The smallest absolute Gasteiger partial charge is 0.410 e. The van der Waals surface area contributed by atoms with Crippen molar-refractivity contribution in [2.24, 2.45) is 0 Å². The van der Waals surface area contributed by atoms with Gasteiger partial charge >= 0.3 is 62.1 Å². The molecule has 1 N–H and O–H groups in total. The lowest BCUT2D eigenvalue weighted by atomic mass is 10.4. The summed E-state index contributed by atoms with van der Waals surface area (Å²) in [5.74, 6) is 0. The van der Waals surface area contributed by atoms with Crippen molar-refractivity contribution in [3.8, 4) is 0 Å². The largest absolute Gasteiger partial charge is 0.522 e. The van der Waals surface area contributed by atoms with Gasteiger partial charge in [-0.3, -0.25) is 0 Å². The van der Waals surface area contributed by atoms with Crippen LogP contribution in [0.4, 0.5) is 0 Å². The van der Waals surface area contributed by atoms with E-state index in [-0.39, 0.29) is 18.9 Å². The second-order valence-electron chi connectivity index (χ2n) is 14.4. The molecule has 2 radical (unpaired) electrons. The van der Waals surface area contributed by atoms with E-state index in [1.807, 2.05) is 189 Å². The van der Waals surface area contributed by atoms with Crippen LogP contribution in [0, 0.1) is 0 Å². The lowest BCUT2D eigenvalue weighted by Gasteiger charge is -2.56. The van der Waals surface area contributed by atoms with Crippen LogP contribution < -0.4 is 31.1 Å². The van der Waals surface area contributed by atoms with Crippen LogP contribution in [0.5, 0.6) is 0 Å². The second-order valence-corrected chi connectivity index (χ2v) is 36.0. The third-order valence-corrected chi connectivity index (χ3v) is 40.1. The molecule has 6 unspecified atom stereocenters. The maximum absolute atomic E-state index is 11.1. The topological polar surface area (TPSA) is 122 Å². The number of benzene rings is 6. The van der Waals surface area contributed by atoms with Gasteiger partial charge in [0, 0.05) is 38.6 Å². The first kappa shape index (κ1) is 40.6. The summed E-state index contributed by atoms with van der Waals surface area (Å²) in [5, 5.41) is 14.9. The Morgan fingerprint density at radius 1 is 0.417 bits per heavy atom. The first-order chi connectivity index (χ1) is 29.3. The van der Waals surface area contributed by atoms with Gasteiger partial charge in [0.2, 0.25) is 9.04 Å². The maximum Gasteiger partial charge on any atom is 0.522 e. The molecule has 0 saturated carbocycles. The highest BCUT2D eigenvalue weighted by atomic mass is 28.6. The van der Waals surface area contributed by atoms with E-state index < -0.39 is 71.2 Å². The van der Waals surface area contributed by atoms with Gasteiger partial charge in [-0.15, -0.1) is 0 Å². The monoisotopic (exact) mass is 936 g/mol. The van der Waals surface area contributed by atoms with E-state index in [9.17, 15) is 5.11 Å². The van der Waals surface area contributed by atoms with Gasteiger partial charge in [0.25, 0.3) is 0 Å². The fourth-order valence-corrected chi connectivity index (χ4v) is 46.0. The highest BCUT2D eigenvalue weighted by Gasteiger charge is 2.79. The molecular weight excluding hydrogens is 897 g/mol. The van der Waals surface area contributed by atoms with Crippen molar-refractivity contribution >= 4 is 102 Å². The van der Waals surface area contributed by atoms with Crippen LogP contribution in [0.1, 0.15) is 0 Å². The lowest BCUT2D eigenvalue weighted by molar-refractivity contribution is 0.0430. The zero-order valence-corrected chi connectivity index (χ0v) is 40.4. The van der Waals surface area contributed by atoms with Crippen molar-refractivity contribution in [3.05, 3.63) is 182 Å². The molecule has 6 aromatic carbocycles. The van der Waals surface area contributed by atoms with E-state index in [0.717, 1.165) is 5.19 Å². The lowest BCUT2D eigenvalue weighted by Crippen LogP contribution is -2.88. The molecule has 4 fully saturated rings. The van der Waals surface area contributed by atoms with Crippen LogP contribution in [-0.2, 0) is 45.6 Å². The number of aliphatic hydroxyl groups is 1. The molecule has 4 aliphatic rings. The average Bonchev–Trinajstić information content (AvgIpc) is 3.34. The molecule has 4 saturated heterocycles. The van der Waals surface area contributed by atoms with Crippen LogP contribution in [0.15, 0.2) is 182 Å². The Morgan fingerprint density at radius 3 is 1.25 bits per heavy atom. The Balaban J connectivity index is 1.37. The van der Waals surface area contributed by atoms with Gasteiger partial charge in [0.15, 0.2) is 0 Å². The minimum atomic E-state index is -4.59. The van der Waals surface area contributed by atoms with Crippen molar-refractivity contribution in [1.82, 2.24) is 0 Å². The molecule has 0 amide bonds. The summed E-state index contributed by atoms with van der Waals surface area (Å²) in [6.07, 6.45) is 0.0995. The van der Waals surface area contributed by atoms with Crippen LogP contribution in [0.3, 0.4) is 0 Å². The summed E-state index contributed by atoms with van der Waals surface area (Å²) in [7, 11) is -31.5. The molecule has 304 valence electrons. The van der Waals surface area contributed by atoms with Crippen molar-refractivity contribution in [2.75, 3.05) is 12.8 Å². The Hall–Kier alpha value is -3.42. The third-order valence-electron chi connectivity index (χ3n) is 10.2.